The van der Waals surface area contributed by atoms with Gasteiger partial charge >= 0.3 is 0 Å². The van der Waals surface area contributed by atoms with Crippen LogP contribution in [0.1, 0.15) is 43.0 Å². The number of benzene rings is 1. The second-order valence-electron chi connectivity index (χ2n) is 5.98. The Morgan fingerprint density at radius 1 is 1.30 bits per heavy atom. The first-order chi connectivity index (χ1) is 9.41. The standard InChI is InChI=1S/C16H20FNOS/c1-16(2,3)14-10-20-15(18-14)8-11(9-19)12-6-4-5-7-13(12)17/h4-7,10-11,19H,8-9H2,1-3H3. The normalized spacial score (nSPS) is 13.4. The van der Waals surface area contributed by atoms with Crippen molar-refractivity contribution in [3.8, 4) is 0 Å². The molecule has 0 amide bonds. The highest BCUT2D eigenvalue weighted by molar-refractivity contribution is 7.09. The van der Waals surface area contributed by atoms with E-state index in [0.717, 1.165) is 10.7 Å². The lowest BCUT2D eigenvalue weighted by Gasteiger charge is -2.15. The first kappa shape index (κ1) is 15.1. The predicted octanol–water partition coefficient (Wildman–Crippen LogP) is 3.90. The third-order valence-electron chi connectivity index (χ3n) is 3.31. The first-order valence-corrected chi connectivity index (χ1v) is 7.60. The number of thiazole rings is 1. The van der Waals surface area contributed by atoms with Gasteiger partial charge < -0.3 is 5.11 Å². The Morgan fingerprint density at radius 2 is 2.00 bits per heavy atom. The van der Waals surface area contributed by atoms with Crippen LogP contribution in [0.4, 0.5) is 4.39 Å². The van der Waals surface area contributed by atoms with E-state index in [2.05, 4.69) is 25.8 Å². The van der Waals surface area contributed by atoms with E-state index < -0.39 is 0 Å². The number of rotatable bonds is 4. The highest BCUT2D eigenvalue weighted by Gasteiger charge is 2.20. The summed E-state index contributed by atoms with van der Waals surface area (Å²) in [6.45, 7) is 6.27. The molecule has 1 N–H and O–H groups in total. The van der Waals surface area contributed by atoms with Crippen LogP contribution in [0.3, 0.4) is 0 Å². The number of nitrogens with zero attached hydrogens (tertiary/aromatic N) is 1. The summed E-state index contributed by atoms with van der Waals surface area (Å²) in [4.78, 5) is 4.61. The van der Waals surface area contributed by atoms with Crippen molar-refractivity contribution in [2.24, 2.45) is 0 Å². The quantitative estimate of drug-likeness (QED) is 0.927. The molecule has 0 spiro atoms. The molecule has 0 bridgehead atoms. The molecule has 20 heavy (non-hydrogen) atoms. The predicted molar refractivity (Wildman–Crippen MR) is 80.7 cm³/mol. The van der Waals surface area contributed by atoms with E-state index in [1.807, 2.05) is 5.38 Å². The van der Waals surface area contributed by atoms with Gasteiger partial charge in [-0.15, -0.1) is 11.3 Å². The van der Waals surface area contributed by atoms with Crippen LogP contribution in [0.15, 0.2) is 29.6 Å². The van der Waals surface area contributed by atoms with Gasteiger partial charge in [0.1, 0.15) is 5.82 Å². The van der Waals surface area contributed by atoms with Crippen LogP contribution in [-0.4, -0.2) is 16.7 Å². The molecular formula is C16H20FNOS. The third-order valence-corrected chi connectivity index (χ3v) is 4.18. The maximum Gasteiger partial charge on any atom is 0.126 e. The summed E-state index contributed by atoms with van der Waals surface area (Å²) in [5, 5.41) is 12.5. The minimum atomic E-state index is -0.265. The van der Waals surface area contributed by atoms with Crippen molar-refractivity contribution in [3.05, 3.63) is 51.7 Å². The van der Waals surface area contributed by atoms with Gasteiger partial charge in [-0.1, -0.05) is 39.0 Å². The monoisotopic (exact) mass is 293 g/mol. The lowest BCUT2D eigenvalue weighted by Crippen LogP contribution is -2.13. The Labute approximate surface area is 123 Å². The summed E-state index contributed by atoms with van der Waals surface area (Å²) in [5.74, 6) is -0.505. The Kier molecular flexibility index (Phi) is 4.55. The van der Waals surface area contributed by atoms with E-state index in [1.54, 1.807) is 29.5 Å². The molecule has 0 aliphatic heterocycles. The van der Waals surface area contributed by atoms with E-state index in [0.29, 0.717) is 12.0 Å². The lowest BCUT2D eigenvalue weighted by atomic mass is 9.93. The van der Waals surface area contributed by atoms with Gasteiger partial charge in [0.05, 0.1) is 17.3 Å². The van der Waals surface area contributed by atoms with Crippen LogP contribution in [0.2, 0.25) is 0 Å². The number of aliphatic hydroxyl groups excluding tert-OH is 1. The van der Waals surface area contributed by atoms with Crippen molar-refractivity contribution >= 4 is 11.3 Å². The maximum absolute atomic E-state index is 13.8. The number of aromatic nitrogens is 1. The number of halogens is 1. The van der Waals surface area contributed by atoms with Gasteiger partial charge in [-0.05, 0) is 11.6 Å². The highest BCUT2D eigenvalue weighted by Crippen LogP contribution is 2.28. The fraction of sp³-hybridized carbons (Fsp3) is 0.438. The molecule has 1 aromatic carbocycles. The SMILES string of the molecule is CC(C)(C)c1csc(CC(CO)c2ccccc2F)n1. The second-order valence-corrected chi connectivity index (χ2v) is 6.92. The van der Waals surface area contributed by atoms with E-state index >= 15 is 0 Å². The Balaban J connectivity index is 2.19. The molecule has 4 heteroatoms. The summed E-state index contributed by atoms with van der Waals surface area (Å²) in [6, 6.07) is 6.62. The van der Waals surface area contributed by atoms with Crippen molar-refractivity contribution in [3.63, 3.8) is 0 Å². The van der Waals surface area contributed by atoms with Gasteiger partial charge in [0.25, 0.3) is 0 Å². The zero-order valence-electron chi connectivity index (χ0n) is 12.1. The van der Waals surface area contributed by atoms with E-state index in [-0.39, 0.29) is 23.8 Å². The van der Waals surface area contributed by atoms with E-state index in [9.17, 15) is 9.50 Å². The van der Waals surface area contributed by atoms with Crippen LogP contribution in [0.25, 0.3) is 0 Å². The summed E-state index contributed by atoms with van der Waals surface area (Å²) >= 11 is 1.58. The summed E-state index contributed by atoms with van der Waals surface area (Å²) in [7, 11) is 0. The van der Waals surface area contributed by atoms with Crippen LogP contribution in [0.5, 0.6) is 0 Å². The van der Waals surface area contributed by atoms with Gasteiger partial charge in [0, 0.05) is 23.1 Å². The fourth-order valence-corrected chi connectivity index (χ4v) is 3.14. The Bertz CT molecular complexity index is 574. The van der Waals surface area contributed by atoms with Crippen molar-refractivity contribution < 1.29 is 9.50 Å². The van der Waals surface area contributed by atoms with Gasteiger partial charge in [-0.25, -0.2) is 9.37 Å². The van der Waals surface area contributed by atoms with Gasteiger partial charge in [-0.2, -0.15) is 0 Å². The van der Waals surface area contributed by atoms with Crippen LogP contribution >= 0.6 is 11.3 Å². The van der Waals surface area contributed by atoms with Crippen molar-refractivity contribution in [2.75, 3.05) is 6.61 Å². The van der Waals surface area contributed by atoms with Crippen LogP contribution in [0, 0.1) is 5.82 Å². The summed E-state index contributed by atoms with van der Waals surface area (Å²) in [6.07, 6.45) is 0.568. The molecule has 1 atom stereocenters. The Hall–Kier alpha value is -1.26. The highest BCUT2D eigenvalue weighted by atomic mass is 32.1. The summed E-state index contributed by atoms with van der Waals surface area (Å²) in [5.41, 5.74) is 1.62. The Morgan fingerprint density at radius 3 is 2.55 bits per heavy atom. The summed E-state index contributed by atoms with van der Waals surface area (Å²) < 4.78 is 13.8. The van der Waals surface area contributed by atoms with Gasteiger partial charge in [0.2, 0.25) is 0 Å². The molecule has 2 rings (SSSR count). The zero-order valence-corrected chi connectivity index (χ0v) is 12.9. The average Bonchev–Trinajstić information content (AvgIpc) is 2.85. The van der Waals surface area contributed by atoms with Gasteiger partial charge in [-0.3, -0.25) is 0 Å². The fourth-order valence-electron chi connectivity index (χ4n) is 2.04. The molecular weight excluding hydrogens is 273 g/mol. The molecule has 1 unspecified atom stereocenters. The van der Waals surface area contributed by atoms with Gasteiger partial charge in [0.15, 0.2) is 0 Å². The van der Waals surface area contributed by atoms with E-state index in [1.165, 1.54) is 6.07 Å². The molecule has 0 saturated heterocycles. The van der Waals surface area contributed by atoms with E-state index in [4.69, 9.17) is 0 Å². The molecule has 0 radical (unpaired) electrons. The molecule has 0 aliphatic carbocycles. The molecule has 0 saturated carbocycles. The molecule has 1 heterocycles. The molecule has 0 aliphatic rings. The molecule has 108 valence electrons. The smallest absolute Gasteiger partial charge is 0.126 e. The van der Waals surface area contributed by atoms with Crippen molar-refractivity contribution in [2.45, 2.75) is 38.5 Å². The lowest BCUT2D eigenvalue weighted by molar-refractivity contribution is 0.261. The molecule has 2 nitrogen and oxygen atoms in total. The van der Waals surface area contributed by atoms with Crippen molar-refractivity contribution in [1.82, 2.24) is 4.98 Å². The topological polar surface area (TPSA) is 33.1 Å². The number of hydrogen-bond donors (Lipinski definition) is 1. The second kappa shape index (κ2) is 6.02. The van der Waals surface area contributed by atoms with Crippen molar-refractivity contribution in [1.29, 1.82) is 0 Å². The number of hydrogen-bond acceptors (Lipinski definition) is 3. The molecule has 1 aromatic heterocycles. The average molecular weight is 293 g/mol. The first-order valence-electron chi connectivity index (χ1n) is 6.72. The third kappa shape index (κ3) is 3.44. The van der Waals surface area contributed by atoms with Crippen LogP contribution < -0.4 is 0 Å². The largest absolute Gasteiger partial charge is 0.396 e. The maximum atomic E-state index is 13.8. The van der Waals surface area contributed by atoms with Crippen LogP contribution in [-0.2, 0) is 11.8 Å². The molecule has 2 aromatic rings. The number of aliphatic hydroxyl groups is 1. The minimum Gasteiger partial charge on any atom is -0.396 e. The minimum absolute atomic E-state index is 0.0153. The zero-order chi connectivity index (χ0) is 14.8. The molecule has 0 fully saturated rings.